The molecular formula is C22H25ClN2O3. The van der Waals surface area contributed by atoms with E-state index in [0.29, 0.717) is 5.02 Å². The van der Waals surface area contributed by atoms with Crippen LogP contribution in [0.2, 0.25) is 5.02 Å². The van der Waals surface area contributed by atoms with Gasteiger partial charge in [0.05, 0.1) is 18.9 Å². The van der Waals surface area contributed by atoms with Crippen LogP contribution in [0.1, 0.15) is 31.9 Å². The number of hydrogen-bond donors (Lipinski definition) is 0. The lowest BCUT2D eigenvalue weighted by Gasteiger charge is -2.40. The van der Waals surface area contributed by atoms with Crippen LogP contribution < -0.4 is 14.5 Å². The summed E-state index contributed by atoms with van der Waals surface area (Å²) in [7, 11) is 0. The van der Waals surface area contributed by atoms with E-state index in [1.165, 1.54) is 0 Å². The maximum Gasteiger partial charge on any atom is 0.224 e. The molecule has 0 unspecified atom stereocenters. The van der Waals surface area contributed by atoms with Gasteiger partial charge < -0.3 is 19.3 Å². The number of nitrogens with zero attached hydrogens (tertiary/aromatic N) is 2. The minimum absolute atomic E-state index is 0.0535. The van der Waals surface area contributed by atoms with Crippen LogP contribution >= 0.6 is 11.6 Å². The first kappa shape index (κ1) is 19.1. The molecule has 0 saturated carbocycles. The Labute approximate surface area is 170 Å². The Morgan fingerprint density at radius 3 is 2.54 bits per heavy atom. The molecule has 1 amide bonds. The average molecular weight is 401 g/mol. The summed E-state index contributed by atoms with van der Waals surface area (Å²) in [4.78, 5) is 16.5. The van der Waals surface area contributed by atoms with Crippen LogP contribution in [0.4, 0.5) is 11.4 Å². The van der Waals surface area contributed by atoms with E-state index >= 15 is 0 Å². The summed E-state index contributed by atoms with van der Waals surface area (Å²) in [6.07, 6.45) is 0.615. The van der Waals surface area contributed by atoms with Crippen molar-refractivity contribution in [2.45, 2.75) is 32.4 Å². The van der Waals surface area contributed by atoms with E-state index in [2.05, 4.69) is 30.0 Å². The van der Waals surface area contributed by atoms with Gasteiger partial charge in [-0.1, -0.05) is 11.6 Å². The number of halogens is 1. The standard InChI is InChI=1S/C22H25ClN2O3/c1-15-13-22(28-19-6-3-17(23)4-7-19)20-14-18(24-9-11-27-12-10-24)5-8-21(20)25(15)16(2)26/h3-8,14-15,22H,9-13H2,1-2H3/t15-,22+/m0/s1. The number of benzene rings is 2. The van der Waals surface area contributed by atoms with Crippen LogP contribution in [0.5, 0.6) is 5.75 Å². The molecule has 6 heteroatoms. The first-order valence-electron chi connectivity index (χ1n) is 9.71. The average Bonchev–Trinajstić information content (AvgIpc) is 2.70. The van der Waals surface area contributed by atoms with E-state index in [-0.39, 0.29) is 18.1 Å². The summed E-state index contributed by atoms with van der Waals surface area (Å²) in [6, 6.07) is 13.8. The molecule has 0 N–H and O–H groups in total. The predicted molar refractivity (Wildman–Crippen MR) is 112 cm³/mol. The van der Waals surface area contributed by atoms with Gasteiger partial charge in [0.25, 0.3) is 0 Å². The molecule has 4 rings (SSSR count). The third-order valence-electron chi connectivity index (χ3n) is 5.42. The second-order valence-electron chi connectivity index (χ2n) is 7.38. The fraction of sp³-hybridized carbons (Fsp3) is 0.409. The number of carbonyl (C=O) groups excluding carboxylic acids is 1. The lowest BCUT2D eigenvalue weighted by Crippen LogP contribution is -2.43. The van der Waals surface area contributed by atoms with E-state index < -0.39 is 0 Å². The van der Waals surface area contributed by atoms with Gasteiger partial charge in [-0.05, 0) is 49.4 Å². The number of fused-ring (bicyclic) bond motifs is 1. The summed E-state index contributed by atoms with van der Waals surface area (Å²) in [5.41, 5.74) is 3.12. The molecule has 2 aromatic carbocycles. The number of carbonyl (C=O) groups is 1. The molecule has 28 heavy (non-hydrogen) atoms. The Bertz CT molecular complexity index is 849. The lowest BCUT2D eigenvalue weighted by atomic mass is 9.92. The first-order chi connectivity index (χ1) is 13.5. The van der Waals surface area contributed by atoms with Gasteiger partial charge in [0.15, 0.2) is 0 Å². The molecule has 148 valence electrons. The number of hydrogen-bond acceptors (Lipinski definition) is 4. The summed E-state index contributed by atoms with van der Waals surface area (Å²) in [5.74, 6) is 0.832. The second-order valence-corrected chi connectivity index (χ2v) is 7.81. The lowest BCUT2D eigenvalue weighted by molar-refractivity contribution is -0.117. The van der Waals surface area contributed by atoms with Crippen molar-refractivity contribution in [3.63, 3.8) is 0 Å². The minimum atomic E-state index is -0.122. The zero-order valence-corrected chi connectivity index (χ0v) is 17.0. The minimum Gasteiger partial charge on any atom is -0.486 e. The fourth-order valence-electron chi connectivity index (χ4n) is 4.09. The number of amides is 1. The Kier molecular flexibility index (Phi) is 5.47. The monoisotopic (exact) mass is 400 g/mol. The molecular weight excluding hydrogens is 376 g/mol. The molecule has 2 heterocycles. The third-order valence-corrected chi connectivity index (χ3v) is 5.67. The van der Waals surface area contributed by atoms with E-state index in [4.69, 9.17) is 21.1 Å². The highest BCUT2D eigenvalue weighted by Crippen LogP contribution is 2.41. The SMILES string of the molecule is CC(=O)N1c2ccc(N3CCOCC3)cc2[C@H](Oc2ccc(Cl)cc2)C[C@@H]1C. The maximum absolute atomic E-state index is 12.3. The van der Waals surface area contributed by atoms with Gasteiger partial charge in [0, 0.05) is 48.7 Å². The summed E-state index contributed by atoms with van der Waals surface area (Å²) < 4.78 is 11.8. The van der Waals surface area contributed by atoms with E-state index in [9.17, 15) is 4.79 Å². The van der Waals surface area contributed by atoms with Crippen molar-refractivity contribution in [2.24, 2.45) is 0 Å². The summed E-state index contributed by atoms with van der Waals surface area (Å²) in [5, 5.41) is 0.683. The van der Waals surface area contributed by atoms with Crippen molar-refractivity contribution in [1.29, 1.82) is 0 Å². The molecule has 0 spiro atoms. The van der Waals surface area contributed by atoms with Crippen LogP contribution in [0.15, 0.2) is 42.5 Å². The van der Waals surface area contributed by atoms with Gasteiger partial charge >= 0.3 is 0 Å². The molecule has 0 bridgehead atoms. The van der Waals surface area contributed by atoms with Crippen molar-refractivity contribution in [3.8, 4) is 5.75 Å². The number of anilines is 2. The van der Waals surface area contributed by atoms with Gasteiger partial charge in [-0.2, -0.15) is 0 Å². The second kappa shape index (κ2) is 8.02. The summed E-state index contributed by atoms with van der Waals surface area (Å²) in [6.45, 7) is 6.90. The van der Waals surface area contributed by atoms with Crippen LogP contribution in [-0.4, -0.2) is 38.3 Å². The smallest absolute Gasteiger partial charge is 0.224 e. The Hall–Kier alpha value is -2.24. The highest BCUT2D eigenvalue weighted by atomic mass is 35.5. The largest absolute Gasteiger partial charge is 0.486 e. The highest BCUT2D eigenvalue weighted by molar-refractivity contribution is 6.30. The van der Waals surface area contributed by atoms with Gasteiger partial charge in [-0.25, -0.2) is 0 Å². The van der Waals surface area contributed by atoms with Gasteiger partial charge in [0.1, 0.15) is 11.9 Å². The highest BCUT2D eigenvalue weighted by Gasteiger charge is 2.34. The van der Waals surface area contributed by atoms with Crippen molar-refractivity contribution in [3.05, 3.63) is 53.1 Å². The molecule has 5 nitrogen and oxygen atoms in total. The Balaban J connectivity index is 1.70. The van der Waals surface area contributed by atoms with Crippen LogP contribution in [0.3, 0.4) is 0 Å². The Morgan fingerprint density at radius 2 is 1.86 bits per heavy atom. The molecule has 1 fully saturated rings. The van der Waals surface area contributed by atoms with Gasteiger partial charge in [-0.3, -0.25) is 4.79 Å². The van der Waals surface area contributed by atoms with E-state index in [1.54, 1.807) is 6.92 Å². The van der Waals surface area contributed by atoms with Crippen molar-refractivity contribution < 1.29 is 14.3 Å². The number of ether oxygens (including phenoxy) is 2. The molecule has 2 aliphatic heterocycles. The number of rotatable bonds is 3. The predicted octanol–water partition coefficient (Wildman–Crippen LogP) is 4.44. The quantitative estimate of drug-likeness (QED) is 0.763. The van der Waals surface area contributed by atoms with Crippen LogP contribution in [0, 0.1) is 0 Å². The molecule has 0 aromatic heterocycles. The Morgan fingerprint density at radius 1 is 1.14 bits per heavy atom. The molecule has 2 aliphatic rings. The van der Waals surface area contributed by atoms with E-state index in [0.717, 1.165) is 55.4 Å². The molecule has 2 atom stereocenters. The van der Waals surface area contributed by atoms with Crippen LogP contribution in [0.25, 0.3) is 0 Å². The van der Waals surface area contributed by atoms with Crippen molar-refractivity contribution in [1.82, 2.24) is 0 Å². The zero-order valence-electron chi connectivity index (χ0n) is 16.2. The van der Waals surface area contributed by atoms with Gasteiger partial charge in [-0.15, -0.1) is 0 Å². The van der Waals surface area contributed by atoms with E-state index in [1.807, 2.05) is 29.2 Å². The first-order valence-corrected chi connectivity index (χ1v) is 10.1. The zero-order chi connectivity index (χ0) is 19.7. The maximum atomic E-state index is 12.3. The van der Waals surface area contributed by atoms with Gasteiger partial charge in [0.2, 0.25) is 5.91 Å². The summed E-state index contributed by atoms with van der Waals surface area (Å²) >= 11 is 6.00. The molecule has 0 radical (unpaired) electrons. The normalized spacial score (nSPS) is 22.0. The number of morpholine rings is 1. The third kappa shape index (κ3) is 3.82. The topological polar surface area (TPSA) is 42.0 Å². The van der Waals surface area contributed by atoms with Crippen LogP contribution in [-0.2, 0) is 9.53 Å². The molecule has 1 saturated heterocycles. The van der Waals surface area contributed by atoms with Crippen molar-refractivity contribution >= 4 is 28.9 Å². The molecule has 0 aliphatic carbocycles. The van der Waals surface area contributed by atoms with Crippen molar-refractivity contribution in [2.75, 3.05) is 36.1 Å². The fourth-order valence-corrected chi connectivity index (χ4v) is 4.21. The molecule has 2 aromatic rings.